The first kappa shape index (κ1) is 19.1. The average molecular weight is 431 g/mol. The van der Waals surface area contributed by atoms with Crippen molar-refractivity contribution in [3.05, 3.63) is 64.3 Å². The van der Waals surface area contributed by atoms with Gasteiger partial charge in [-0.1, -0.05) is 34.1 Å². The highest BCUT2D eigenvalue weighted by Gasteiger charge is 2.38. The van der Waals surface area contributed by atoms with E-state index in [1.165, 1.54) is 12.0 Å². The number of hydrogen-bond donors (Lipinski definition) is 1. The SMILES string of the molecule is COCCN1C(=O)C(Nc2cccc(Br)c2)=C(c2ccc(OC)cc2)C1=O. The third kappa shape index (κ3) is 4.04. The second-order valence-electron chi connectivity index (χ2n) is 5.87. The lowest BCUT2D eigenvalue weighted by atomic mass is 10.0. The normalized spacial score (nSPS) is 14.1. The van der Waals surface area contributed by atoms with Crippen LogP contribution in [0.1, 0.15) is 5.56 Å². The fourth-order valence-electron chi connectivity index (χ4n) is 2.81. The van der Waals surface area contributed by atoms with Crippen LogP contribution < -0.4 is 10.1 Å². The molecule has 2 amide bonds. The standard InChI is InChI=1S/C20H19BrN2O4/c1-26-11-10-23-19(24)17(13-6-8-16(27-2)9-7-13)18(20(23)25)22-15-5-3-4-14(21)12-15/h3-9,12,22H,10-11H2,1-2H3. The van der Waals surface area contributed by atoms with Crippen molar-refractivity contribution in [3.63, 3.8) is 0 Å². The van der Waals surface area contributed by atoms with Gasteiger partial charge in [0.1, 0.15) is 11.4 Å². The van der Waals surface area contributed by atoms with Crippen LogP contribution >= 0.6 is 15.9 Å². The summed E-state index contributed by atoms with van der Waals surface area (Å²) in [4.78, 5) is 27.1. The third-order valence-corrected chi connectivity index (χ3v) is 4.65. The minimum atomic E-state index is -0.372. The fraction of sp³-hybridized carbons (Fsp3) is 0.200. The molecule has 7 heteroatoms. The molecule has 0 saturated heterocycles. The van der Waals surface area contributed by atoms with Crippen LogP contribution in [-0.4, -0.2) is 44.1 Å². The Hall–Kier alpha value is -2.64. The molecule has 27 heavy (non-hydrogen) atoms. The molecule has 0 spiro atoms. The van der Waals surface area contributed by atoms with Crippen LogP contribution in [0.4, 0.5) is 5.69 Å². The maximum Gasteiger partial charge on any atom is 0.278 e. The molecule has 0 saturated carbocycles. The van der Waals surface area contributed by atoms with Gasteiger partial charge in [0.2, 0.25) is 0 Å². The zero-order valence-corrected chi connectivity index (χ0v) is 16.6. The predicted molar refractivity (Wildman–Crippen MR) is 106 cm³/mol. The number of nitrogens with zero attached hydrogens (tertiary/aromatic N) is 1. The second kappa shape index (κ2) is 8.37. The topological polar surface area (TPSA) is 67.9 Å². The molecule has 1 aliphatic rings. The number of halogens is 1. The van der Waals surface area contributed by atoms with E-state index in [0.717, 1.165) is 4.47 Å². The number of methoxy groups -OCH3 is 2. The van der Waals surface area contributed by atoms with Crippen LogP contribution in [0.3, 0.4) is 0 Å². The molecule has 0 bridgehead atoms. The Bertz CT molecular complexity index is 893. The first-order chi connectivity index (χ1) is 13.0. The summed E-state index contributed by atoms with van der Waals surface area (Å²) in [5.74, 6) is -0.0450. The molecule has 0 atom stereocenters. The van der Waals surface area contributed by atoms with E-state index in [4.69, 9.17) is 9.47 Å². The van der Waals surface area contributed by atoms with E-state index in [1.807, 2.05) is 24.3 Å². The largest absolute Gasteiger partial charge is 0.497 e. The van der Waals surface area contributed by atoms with E-state index in [2.05, 4.69) is 21.2 Å². The number of amides is 2. The van der Waals surface area contributed by atoms with Gasteiger partial charge in [0.05, 0.1) is 25.8 Å². The van der Waals surface area contributed by atoms with Crippen LogP contribution in [-0.2, 0) is 14.3 Å². The average Bonchev–Trinajstić information content (AvgIpc) is 2.90. The van der Waals surface area contributed by atoms with Crippen molar-refractivity contribution in [2.24, 2.45) is 0 Å². The zero-order valence-electron chi connectivity index (χ0n) is 15.0. The number of benzene rings is 2. The summed E-state index contributed by atoms with van der Waals surface area (Å²) in [5.41, 5.74) is 1.93. The van der Waals surface area contributed by atoms with Crippen molar-refractivity contribution in [2.75, 3.05) is 32.7 Å². The lowest BCUT2D eigenvalue weighted by Gasteiger charge is -2.14. The highest BCUT2D eigenvalue weighted by Crippen LogP contribution is 2.31. The Labute approximate surface area is 165 Å². The lowest BCUT2D eigenvalue weighted by Crippen LogP contribution is -2.35. The fourth-order valence-corrected chi connectivity index (χ4v) is 3.21. The highest BCUT2D eigenvalue weighted by atomic mass is 79.9. The molecule has 1 heterocycles. The molecule has 0 radical (unpaired) electrons. The zero-order chi connectivity index (χ0) is 19.4. The number of imide groups is 1. The third-order valence-electron chi connectivity index (χ3n) is 4.16. The molecule has 2 aromatic rings. The van der Waals surface area contributed by atoms with Crippen LogP contribution in [0.5, 0.6) is 5.75 Å². The molecule has 1 N–H and O–H groups in total. The van der Waals surface area contributed by atoms with Gasteiger partial charge in [-0.25, -0.2) is 0 Å². The number of carbonyl (C=O) groups excluding carboxylic acids is 2. The summed E-state index contributed by atoms with van der Waals surface area (Å²) in [5, 5.41) is 3.11. The molecule has 0 aliphatic carbocycles. The second-order valence-corrected chi connectivity index (χ2v) is 6.78. The Morgan fingerprint density at radius 1 is 1.04 bits per heavy atom. The van der Waals surface area contributed by atoms with Gasteiger partial charge in [0.25, 0.3) is 11.8 Å². The van der Waals surface area contributed by atoms with Crippen molar-refractivity contribution in [1.82, 2.24) is 4.90 Å². The summed E-state index contributed by atoms with van der Waals surface area (Å²) in [6, 6.07) is 14.5. The van der Waals surface area contributed by atoms with Gasteiger partial charge in [0.15, 0.2) is 0 Å². The highest BCUT2D eigenvalue weighted by molar-refractivity contribution is 9.10. The number of hydrogen-bond acceptors (Lipinski definition) is 5. The van der Waals surface area contributed by atoms with Crippen molar-refractivity contribution in [1.29, 1.82) is 0 Å². The Kier molecular flexibility index (Phi) is 5.93. The molecule has 140 valence electrons. The number of carbonyl (C=O) groups is 2. The molecule has 6 nitrogen and oxygen atoms in total. The van der Waals surface area contributed by atoms with Gasteiger partial charge in [0, 0.05) is 17.3 Å². The van der Waals surface area contributed by atoms with Gasteiger partial charge in [-0.3, -0.25) is 14.5 Å². The van der Waals surface area contributed by atoms with E-state index in [9.17, 15) is 9.59 Å². The predicted octanol–water partition coefficient (Wildman–Crippen LogP) is 3.30. The van der Waals surface area contributed by atoms with Crippen LogP contribution in [0, 0.1) is 0 Å². The minimum Gasteiger partial charge on any atom is -0.497 e. The van der Waals surface area contributed by atoms with E-state index in [-0.39, 0.29) is 30.7 Å². The van der Waals surface area contributed by atoms with E-state index in [1.54, 1.807) is 31.4 Å². The number of nitrogens with one attached hydrogen (secondary N) is 1. The summed E-state index contributed by atoms with van der Waals surface area (Å²) in [6.45, 7) is 0.467. The van der Waals surface area contributed by atoms with E-state index >= 15 is 0 Å². The number of anilines is 1. The summed E-state index contributed by atoms with van der Waals surface area (Å²) in [6.07, 6.45) is 0. The van der Waals surface area contributed by atoms with E-state index < -0.39 is 0 Å². The van der Waals surface area contributed by atoms with Gasteiger partial charge in [-0.05, 0) is 35.9 Å². The lowest BCUT2D eigenvalue weighted by molar-refractivity contribution is -0.137. The molecule has 0 fully saturated rings. The molecule has 0 unspecified atom stereocenters. The Morgan fingerprint density at radius 3 is 2.41 bits per heavy atom. The van der Waals surface area contributed by atoms with E-state index in [0.29, 0.717) is 22.6 Å². The minimum absolute atomic E-state index is 0.192. The maximum atomic E-state index is 13.0. The Morgan fingerprint density at radius 2 is 1.78 bits per heavy atom. The van der Waals surface area contributed by atoms with Gasteiger partial charge in [-0.15, -0.1) is 0 Å². The van der Waals surface area contributed by atoms with Crippen LogP contribution in [0.2, 0.25) is 0 Å². The van der Waals surface area contributed by atoms with Crippen molar-refractivity contribution < 1.29 is 19.1 Å². The monoisotopic (exact) mass is 430 g/mol. The van der Waals surface area contributed by atoms with Crippen molar-refractivity contribution in [2.45, 2.75) is 0 Å². The van der Waals surface area contributed by atoms with Crippen molar-refractivity contribution in [3.8, 4) is 5.75 Å². The quantitative estimate of drug-likeness (QED) is 0.682. The summed E-state index contributed by atoms with van der Waals surface area (Å²) < 4.78 is 11.1. The van der Waals surface area contributed by atoms with Gasteiger partial charge >= 0.3 is 0 Å². The van der Waals surface area contributed by atoms with Gasteiger partial charge in [-0.2, -0.15) is 0 Å². The first-order valence-electron chi connectivity index (χ1n) is 8.31. The smallest absolute Gasteiger partial charge is 0.278 e. The first-order valence-corrected chi connectivity index (χ1v) is 9.11. The number of ether oxygens (including phenoxy) is 2. The molecule has 1 aliphatic heterocycles. The molecule has 2 aromatic carbocycles. The number of rotatable bonds is 7. The van der Waals surface area contributed by atoms with Crippen LogP contribution in [0.25, 0.3) is 5.57 Å². The molecular weight excluding hydrogens is 412 g/mol. The molecule has 0 aromatic heterocycles. The van der Waals surface area contributed by atoms with Crippen molar-refractivity contribution >= 4 is 39.0 Å². The van der Waals surface area contributed by atoms with Gasteiger partial charge < -0.3 is 14.8 Å². The summed E-state index contributed by atoms with van der Waals surface area (Å²) >= 11 is 3.41. The van der Waals surface area contributed by atoms with Crippen LogP contribution in [0.15, 0.2) is 58.7 Å². The maximum absolute atomic E-state index is 13.0. The Balaban J connectivity index is 2.03. The molecular formula is C20H19BrN2O4. The molecule has 3 rings (SSSR count). The summed E-state index contributed by atoms with van der Waals surface area (Å²) in [7, 11) is 3.11.